The van der Waals surface area contributed by atoms with Crippen molar-refractivity contribution in [1.82, 2.24) is 9.88 Å². The maximum Gasteiger partial charge on any atom is 0.169 e. The molecule has 1 atom stereocenters. The Kier molecular flexibility index (Phi) is 3.37. The topological polar surface area (TPSA) is 37.4 Å². The molecule has 1 aromatic heterocycles. The Labute approximate surface area is 108 Å². The minimum absolute atomic E-state index is 0.514. The maximum atomic E-state index is 5.60. The molecule has 1 unspecified atom stereocenters. The largest absolute Gasteiger partial charge is 0.490 e. The van der Waals surface area contributed by atoms with E-state index in [2.05, 4.69) is 15.2 Å². The fourth-order valence-corrected chi connectivity index (χ4v) is 2.64. The van der Waals surface area contributed by atoms with Crippen LogP contribution < -0.4 is 10.1 Å². The van der Waals surface area contributed by atoms with E-state index in [1.165, 1.54) is 25.8 Å². The van der Waals surface area contributed by atoms with Crippen molar-refractivity contribution in [2.45, 2.75) is 38.3 Å². The Morgan fingerprint density at radius 2 is 2.33 bits per heavy atom. The number of likely N-dealkylation sites (tertiary alicyclic amines) is 1. The molecule has 3 rings (SSSR count). The van der Waals surface area contributed by atoms with Gasteiger partial charge in [-0.25, -0.2) is 4.98 Å². The summed E-state index contributed by atoms with van der Waals surface area (Å²) in [7, 11) is 0. The summed E-state index contributed by atoms with van der Waals surface area (Å²) in [5, 5.41) is 3.53. The summed E-state index contributed by atoms with van der Waals surface area (Å²) in [4.78, 5) is 6.99. The number of rotatable bonds is 5. The molecule has 4 heteroatoms. The van der Waals surface area contributed by atoms with Crippen LogP contribution in [-0.4, -0.2) is 41.7 Å². The minimum atomic E-state index is 0.514. The molecule has 18 heavy (non-hydrogen) atoms. The van der Waals surface area contributed by atoms with Gasteiger partial charge in [0.2, 0.25) is 0 Å². The maximum absolute atomic E-state index is 5.60. The first kappa shape index (κ1) is 11.8. The number of hydrogen-bond donors (Lipinski definition) is 1. The van der Waals surface area contributed by atoms with Crippen LogP contribution in [0.1, 0.15) is 26.2 Å². The number of hydrogen-bond acceptors (Lipinski definition) is 4. The van der Waals surface area contributed by atoms with E-state index in [4.69, 9.17) is 4.74 Å². The van der Waals surface area contributed by atoms with Gasteiger partial charge in [-0.1, -0.05) is 0 Å². The van der Waals surface area contributed by atoms with Gasteiger partial charge in [-0.2, -0.15) is 0 Å². The third-order valence-electron chi connectivity index (χ3n) is 3.69. The number of ether oxygens (including phenoxy) is 1. The van der Waals surface area contributed by atoms with Crippen molar-refractivity contribution < 1.29 is 4.74 Å². The molecule has 0 radical (unpaired) electrons. The van der Waals surface area contributed by atoms with E-state index in [0.29, 0.717) is 12.6 Å². The summed E-state index contributed by atoms with van der Waals surface area (Å²) in [5.74, 6) is 1.76. The van der Waals surface area contributed by atoms with Gasteiger partial charge >= 0.3 is 0 Å². The summed E-state index contributed by atoms with van der Waals surface area (Å²) in [6.45, 7) is 5.05. The summed E-state index contributed by atoms with van der Waals surface area (Å²) < 4.78 is 5.60. The minimum Gasteiger partial charge on any atom is -0.490 e. The first-order valence-electron chi connectivity index (χ1n) is 6.95. The van der Waals surface area contributed by atoms with Crippen molar-refractivity contribution in [3.8, 4) is 5.75 Å². The van der Waals surface area contributed by atoms with Crippen LogP contribution in [0.15, 0.2) is 18.3 Å². The van der Waals surface area contributed by atoms with E-state index in [0.717, 1.165) is 24.2 Å². The fraction of sp³-hybridized carbons (Fsp3) is 0.643. The molecular formula is C14H21N3O. The van der Waals surface area contributed by atoms with Crippen LogP contribution in [0.5, 0.6) is 5.75 Å². The predicted molar refractivity (Wildman–Crippen MR) is 72.0 cm³/mol. The molecule has 2 aliphatic rings. The van der Waals surface area contributed by atoms with E-state index in [1.807, 2.05) is 25.3 Å². The Balaban J connectivity index is 1.62. The number of nitrogens with one attached hydrogen (secondary N) is 1. The average molecular weight is 247 g/mol. The lowest BCUT2D eigenvalue weighted by atomic mass is 10.2. The molecular weight excluding hydrogens is 226 g/mol. The van der Waals surface area contributed by atoms with Crippen molar-refractivity contribution in [2.24, 2.45) is 0 Å². The SMILES string of the molecule is CCOc1cccnc1NC1CCN(C2CC2)C1. The van der Waals surface area contributed by atoms with Gasteiger partial charge in [0, 0.05) is 31.4 Å². The normalized spacial score (nSPS) is 24.2. The van der Waals surface area contributed by atoms with Crippen molar-refractivity contribution in [1.29, 1.82) is 0 Å². The molecule has 1 N–H and O–H groups in total. The monoisotopic (exact) mass is 247 g/mol. The average Bonchev–Trinajstić information content (AvgIpc) is 3.13. The Bertz CT molecular complexity index is 406. The van der Waals surface area contributed by atoms with Crippen LogP contribution in [0.4, 0.5) is 5.82 Å². The highest BCUT2D eigenvalue weighted by molar-refractivity contribution is 5.50. The van der Waals surface area contributed by atoms with Gasteiger partial charge in [-0.3, -0.25) is 4.90 Å². The van der Waals surface area contributed by atoms with Crippen LogP contribution in [0.2, 0.25) is 0 Å². The van der Waals surface area contributed by atoms with Crippen LogP contribution in [0.25, 0.3) is 0 Å². The molecule has 2 heterocycles. The molecule has 1 saturated carbocycles. The molecule has 2 fully saturated rings. The van der Waals surface area contributed by atoms with Gasteiger partial charge < -0.3 is 10.1 Å². The number of nitrogens with zero attached hydrogens (tertiary/aromatic N) is 2. The molecule has 0 spiro atoms. The molecule has 98 valence electrons. The van der Waals surface area contributed by atoms with Crippen molar-refractivity contribution in [3.63, 3.8) is 0 Å². The van der Waals surface area contributed by atoms with Gasteiger partial charge in [0.1, 0.15) is 0 Å². The lowest BCUT2D eigenvalue weighted by Gasteiger charge is -2.17. The second-order valence-corrected chi connectivity index (χ2v) is 5.14. The molecule has 0 aromatic carbocycles. The molecule has 1 saturated heterocycles. The van der Waals surface area contributed by atoms with Gasteiger partial charge in [-0.15, -0.1) is 0 Å². The smallest absolute Gasteiger partial charge is 0.169 e. The summed E-state index contributed by atoms with van der Waals surface area (Å²) >= 11 is 0. The van der Waals surface area contributed by atoms with E-state index in [1.54, 1.807) is 0 Å². The zero-order chi connectivity index (χ0) is 12.4. The molecule has 1 aliphatic carbocycles. The second-order valence-electron chi connectivity index (χ2n) is 5.14. The first-order valence-corrected chi connectivity index (χ1v) is 6.95. The second kappa shape index (κ2) is 5.14. The molecule has 0 amide bonds. The van der Waals surface area contributed by atoms with Gasteiger partial charge in [-0.05, 0) is 38.3 Å². The van der Waals surface area contributed by atoms with Gasteiger partial charge in [0.25, 0.3) is 0 Å². The van der Waals surface area contributed by atoms with Crippen LogP contribution in [0.3, 0.4) is 0 Å². The molecule has 1 aromatic rings. The third kappa shape index (κ3) is 2.58. The summed E-state index contributed by atoms with van der Waals surface area (Å²) in [6, 6.07) is 5.28. The summed E-state index contributed by atoms with van der Waals surface area (Å²) in [5.41, 5.74) is 0. The highest BCUT2D eigenvalue weighted by atomic mass is 16.5. The molecule has 4 nitrogen and oxygen atoms in total. The summed E-state index contributed by atoms with van der Waals surface area (Å²) in [6.07, 6.45) is 5.80. The Morgan fingerprint density at radius 3 is 3.11 bits per heavy atom. The molecule has 1 aliphatic heterocycles. The van der Waals surface area contributed by atoms with Gasteiger partial charge in [0.05, 0.1) is 6.61 Å². The predicted octanol–water partition coefficient (Wildman–Crippen LogP) is 2.13. The number of anilines is 1. The van der Waals surface area contributed by atoms with E-state index < -0.39 is 0 Å². The standard InChI is InChI=1S/C14H21N3O/c1-2-18-13-4-3-8-15-14(13)16-11-7-9-17(10-11)12-5-6-12/h3-4,8,11-12H,2,5-7,9-10H2,1H3,(H,15,16). The highest BCUT2D eigenvalue weighted by Gasteiger charge is 2.34. The van der Waals surface area contributed by atoms with Crippen molar-refractivity contribution >= 4 is 5.82 Å². The number of aromatic nitrogens is 1. The Morgan fingerprint density at radius 1 is 1.44 bits per heavy atom. The van der Waals surface area contributed by atoms with Crippen LogP contribution in [0, 0.1) is 0 Å². The van der Waals surface area contributed by atoms with E-state index in [-0.39, 0.29) is 0 Å². The van der Waals surface area contributed by atoms with Gasteiger partial charge in [0.15, 0.2) is 11.6 Å². The lowest BCUT2D eigenvalue weighted by molar-refractivity contribution is 0.325. The lowest BCUT2D eigenvalue weighted by Crippen LogP contribution is -2.28. The van der Waals surface area contributed by atoms with E-state index >= 15 is 0 Å². The fourth-order valence-electron chi connectivity index (χ4n) is 2.64. The van der Waals surface area contributed by atoms with Crippen LogP contribution in [-0.2, 0) is 0 Å². The number of pyridine rings is 1. The highest BCUT2D eigenvalue weighted by Crippen LogP contribution is 2.31. The Hall–Kier alpha value is -1.29. The molecule has 0 bridgehead atoms. The third-order valence-corrected chi connectivity index (χ3v) is 3.69. The zero-order valence-corrected chi connectivity index (χ0v) is 10.9. The van der Waals surface area contributed by atoms with Crippen molar-refractivity contribution in [2.75, 3.05) is 25.0 Å². The van der Waals surface area contributed by atoms with E-state index in [9.17, 15) is 0 Å². The quantitative estimate of drug-likeness (QED) is 0.865. The zero-order valence-electron chi connectivity index (χ0n) is 10.9. The van der Waals surface area contributed by atoms with Crippen LogP contribution >= 0.6 is 0 Å². The first-order chi connectivity index (χ1) is 8.86. The van der Waals surface area contributed by atoms with Crippen molar-refractivity contribution in [3.05, 3.63) is 18.3 Å².